The summed E-state index contributed by atoms with van der Waals surface area (Å²) in [6.07, 6.45) is 4.76. The van der Waals surface area contributed by atoms with Gasteiger partial charge in [-0.05, 0) is 23.8 Å². The summed E-state index contributed by atoms with van der Waals surface area (Å²) in [5, 5.41) is 7.10. The second-order valence-electron chi connectivity index (χ2n) is 6.90. The number of urea groups is 1. The van der Waals surface area contributed by atoms with Gasteiger partial charge in [0.2, 0.25) is 5.88 Å². The number of nitrogens with zero attached hydrogens (tertiary/aromatic N) is 4. The average molecular weight is 411 g/mol. The number of anilines is 1. The number of benzene rings is 1. The quantitative estimate of drug-likeness (QED) is 0.675. The summed E-state index contributed by atoms with van der Waals surface area (Å²) in [6, 6.07) is 11.4. The summed E-state index contributed by atoms with van der Waals surface area (Å²) >= 11 is 0. The minimum Gasteiger partial charge on any atom is -0.475 e. The number of hydrogen-bond donors (Lipinski definition) is 1. The molecule has 3 aromatic rings. The second kappa shape index (κ2) is 9.36. The molecule has 156 valence electrons. The Hall–Kier alpha value is -3.46. The minimum absolute atomic E-state index is 0.220. The van der Waals surface area contributed by atoms with Crippen molar-refractivity contribution in [1.82, 2.24) is 19.7 Å². The van der Waals surface area contributed by atoms with E-state index in [1.165, 1.54) is 12.1 Å². The number of halogens is 1. The van der Waals surface area contributed by atoms with E-state index < -0.39 is 0 Å². The lowest BCUT2D eigenvalue weighted by Crippen LogP contribution is -2.49. The molecule has 1 fully saturated rings. The van der Waals surface area contributed by atoms with Crippen LogP contribution in [0.2, 0.25) is 0 Å². The Morgan fingerprint density at radius 1 is 1.27 bits per heavy atom. The predicted molar refractivity (Wildman–Crippen MR) is 108 cm³/mol. The van der Waals surface area contributed by atoms with Gasteiger partial charge in [0, 0.05) is 25.0 Å². The van der Waals surface area contributed by atoms with Gasteiger partial charge in [0.05, 0.1) is 31.6 Å². The molecule has 1 saturated heterocycles. The highest BCUT2D eigenvalue weighted by atomic mass is 19.1. The van der Waals surface area contributed by atoms with Crippen LogP contribution in [0, 0.1) is 5.82 Å². The number of rotatable bonds is 6. The maximum atomic E-state index is 13.0. The van der Waals surface area contributed by atoms with Gasteiger partial charge in [-0.1, -0.05) is 18.2 Å². The van der Waals surface area contributed by atoms with Crippen molar-refractivity contribution in [2.75, 3.05) is 31.6 Å². The number of morpholine rings is 1. The summed E-state index contributed by atoms with van der Waals surface area (Å²) < 4.78 is 26.0. The molecule has 0 aliphatic carbocycles. The Kier molecular flexibility index (Phi) is 6.19. The average Bonchev–Trinajstić information content (AvgIpc) is 3.21. The molecular formula is C21H22FN5O3. The van der Waals surface area contributed by atoms with Gasteiger partial charge in [-0.3, -0.25) is 4.68 Å². The van der Waals surface area contributed by atoms with Crippen molar-refractivity contribution in [3.8, 4) is 5.88 Å². The normalized spacial score (nSPS) is 16.3. The van der Waals surface area contributed by atoms with E-state index in [9.17, 15) is 9.18 Å². The molecule has 30 heavy (non-hydrogen) atoms. The van der Waals surface area contributed by atoms with Crippen molar-refractivity contribution in [2.24, 2.45) is 0 Å². The molecule has 1 aliphatic heterocycles. The first-order chi connectivity index (χ1) is 14.7. The van der Waals surface area contributed by atoms with Crippen LogP contribution in [0.3, 0.4) is 0 Å². The van der Waals surface area contributed by atoms with Crippen LogP contribution in [0.15, 0.2) is 61.1 Å². The van der Waals surface area contributed by atoms with Crippen molar-refractivity contribution in [3.05, 3.63) is 72.4 Å². The van der Waals surface area contributed by atoms with Crippen molar-refractivity contribution in [3.63, 3.8) is 0 Å². The Morgan fingerprint density at radius 2 is 2.13 bits per heavy atom. The van der Waals surface area contributed by atoms with Crippen molar-refractivity contribution >= 4 is 11.7 Å². The van der Waals surface area contributed by atoms with Gasteiger partial charge in [0.1, 0.15) is 18.5 Å². The third-order valence-corrected chi connectivity index (χ3v) is 4.62. The SMILES string of the molecule is O=C(Nc1cnn(Cc2ccc(F)cc2)c1)N1CCOC(COc2ccccn2)C1. The number of ether oxygens (including phenoxy) is 2. The molecule has 1 aliphatic rings. The van der Waals surface area contributed by atoms with E-state index in [0.717, 1.165) is 5.56 Å². The van der Waals surface area contributed by atoms with E-state index in [4.69, 9.17) is 9.47 Å². The number of carbonyl (C=O) groups excluding carboxylic acids is 1. The van der Waals surface area contributed by atoms with E-state index >= 15 is 0 Å². The zero-order chi connectivity index (χ0) is 20.8. The first kappa shape index (κ1) is 19.8. The Balaban J connectivity index is 1.28. The van der Waals surface area contributed by atoms with Crippen LogP contribution in [0.25, 0.3) is 0 Å². The van der Waals surface area contributed by atoms with Gasteiger partial charge in [-0.25, -0.2) is 14.2 Å². The number of carbonyl (C=O) groups is 1. The van der Waals surface area contributed by atoms with Crippen LogP contribution in [-0.2, 0) is 11.3 Å². The largest absolute Gasteiger partial charge is 0.475 e. The molecule has 1 unspecified atom stereocenters. The summed E-state index contributed by atoms with van der Waals surface area (Å²) in [4.78, 5) is 18.4. The molecular weight excluding hydrogens is 389 g/mol. The van der Waals surface area contributed by atoms with Crippen molar-refractivity contribution in [1.29, 1.82) is 0 Å². The fourth-order valence-corrected chi connectivity index (χ4v) is 3.11. The summed E-state index contributed by atoms with van der Waals surface area (Å²) in [5.41, 5.74) is 1.51. The number of amides is 2. The molecule has 2 amide bonds. The van der Waals surface area contributed by atoms with Crippen LogP contribution in [0.5, 0.6) is 5.88 Å². The van der Waals surface area contributed by atoms with Crippen LogP contribution >= 0.6 is 0 Å². The Bertz CT molecular complexity index is 964. The van der Waals surface area contributed by atoms with E-state index in [2.05, 4.69) is 15.4 Å². The second-order valence-corrected chi connectivity index (χ2v) is 6.90. The zero-order valence-electron chi connectivity index (χ0n) is 16.3. The summed E-state index contributed by atoms with van der Waals surface area (Å²) in [6.45, 7) is 2.16. The lowest BCUT2D eigenvalue weighted by molar-refractivity contribution is -0.0343. The first-order valence-electron chi connectivity index (χ1n) is 9.64. The maximum Gasteiger partial charge on any atom is 0.322 e. The highest BCUT2D eigenvalue weighted by Crippen LogP contribution is 2.13. The highest BCUT2D eigenvalue weighted by Gasteiger charge is 2.25. The molecule has 1 aromatic carbocycles. The van der Waals surface area contributed by atoms with E-state index in [-0.39, 0.29) is 18.0 Å². The molecule has 0 saturated carbocycles. The van der Waals surface area contributed by atoms with Crippen molar-refractivity contribution < 1.29 is 18.7 Å². The molecule has 1 atom stereocenters. The number of nitrogens with one attached hydrogen (secondary N) is 1. The number of aromatic nitrogens is 3. The Labute approximate surface area is 173 Å². The lowest BCUT2D eigenvalue weighted by atomic mass is 10.2. The molecule has 0 bridgehead atoms. The van der Waals surface area contributed by atoms with Crippen LogP contribution in [0.1, 0.15) is 5.56 Å². The van der Waals surface area contributed by atoms with E-state index in [1.807, 2.05) is 12.1 Å². The van der Waals surface area contributed by atoms with Gasteiger partial charge < -0.3 is 19.7 Å². The lowest BCUT2D eigenvalue weighted by Gasteiger charge is -2.32. The van der Waals surface area contributed by atoms with Crippen LogP contribution in [-0.4, -0.2) is 58.1 Å². The summed E-state index contributed by atoms with van der Waals surface area (Å²) in [5.74, 6) is 0.248. The third-order valence-electron chi connectivity index (χ3n) is 4.62. The fraction of sp³-hybridized carbons (Fsp3) is 0.286. The highest BCUT2D eigenvalue weighted by molar-refractivity contribution is 5.89. The van der Waals surface area contributed by atoms with Gasteiger partial charge in [0.15, 0.2) is 0 Å². The topological polar surface area (TPSA) is 81.5 Å². The molecule has 3 heterocycles. The smallest absolute Gasteiger partial charge is 0.322 e. The zero-order valence-corrected chi connectivity index (χ0v) is 16.3. The number of pyridine rings is 1. The predicted octanol–water partition coefficient (Wildman–Crippen LogP) is 2.78. The van der Waals surface area contributed by atoms with Gasteiger partial charge in [0.25, 0.3) is 0 Å². The molecule has 8 nitrogen and oxygen atoms in total. The summed E-state index contributed by atoms with van der Waals surface area (Å²) in [7, 11) is 0. The van der Waals surface area contributed by atoms with Gasteiger partial charge in [-0.15, -0.1) is 0 Å². The van der Waals surface area contributed by atoms with Gasteiger partial charge >= 0.3 is 6.03 Å². The van der Waals surface area contributed by atoms with E-state index in [0.29, 0.717) is 44.4 Å². The van der Waals surface area contributed by atoms with Crippen LogP contribution < -0.4 is 10.1 Å². The molecule has 2 aromatic heterocycles. The minimum atomic E-state index is -0.276. The monoisotopic (exact) mass is 411 g/mol. The standard InChI is InChI=1S/C21H22FN5O3/c22-17-6-4-16(5-7-17)12-27-13-18(11-24-27)25-21(28)26-9-10-29-19(14-26)15-30-20-3-1-2-8-23-20/h1-8,11,13,19H,9-10,12,14-15H2,(H,25,28). The Morgan fingerprint density at radius 3 is 2.93 bits per heavy atom. The molecule has 0 radical (unpaired) electrons. The molecule has 0 spiro atoms. The number of hydrogen-bond acceptors (Lipinski definition) is 5. The van der Waals surface area contributed by atoms with E-state index in [1.54, 1.807) is 46.4 Å². The molecule has 1 N–H and O–H groups in total. The van der Waals surface area contributed by atoms with Crippen molar-refractivity contribution in [2.45, 2.75) is 12.6 Å². The molecule has 9 heteroatoms. The fourth-order valence-electron chi connectivity index (χ4n) is 3.11. The van der Waals surface area contributed by atoms with Gasteiger partial charge in [-0.2, -0.15) is 5.10 Å². The first-order valence-corrected chi connectivity index (χ1v) is 9.64. The third kappa shape index (κ3) is 5.32. The molecule has 4 rings (SSSR count). The van der Waals surface area contributed by atoms with Crippen LogP contribution in [0.4, 0.5) is 14.9 Å². The maximum absolute atomic E-state index is 13.0.